The Hall–Kier alpha value is -2.16. The highest BCUT2D eigenvalue weighted by molar-refractivity contribution is 5.68. The van der Waals surface area contributed by atoms with E-state index in [2.05, 4.69) is 65.3 Å². The Morgan fingerprint density at radius 1 is 0.750 bits per heavy atom. The van der Waals surface area contributed by atoms with Crippen LogP contribution in [-0.2, 0) is 0 Å². The van der Waals surface area contributed by atoms with Gasteiger partial charge in [0.25, 0.3) is 0 Å². The van der Waals surface area contributed by atoms with Crippen LogP contribution in [-0.4, -0.2) is 20.1 Å². The molecule has 0 saturated heterocycles. The molecule has 0 radical (unpaired) electrons. The standard InChI is InChI=1S/C17H23N3/c1-14-8-3-4-9-15(14)19-12-7-13-20-17-11-6-5-10-16(17)18-2/h3-6,8-11,18-20H,7,12-13H2,1-2H3. The summed E-state index contributed by atoms with van der Waals surface area (Å²) >= 11 is 0. The second kappa shape index (κ2) is 7.43. The van der Waals surface area contributed by atoms with E-state index in [-0.39, 0.29) is 0 Å². The predicted octanol–water partition coefficient (Wildman–Crippen LogP) is 3.95. The van der Waals surface area contributed by atoms with Crippen molar-refractivity contribution < 1.29 is 0 Å². The molecule has 0 aromatic heterocycles. The molecule has 106 valence electrons. The van der Waals surface area contributed by atoms with Gasteiger partial charge in [-0.15, -0.1) is 0 Å². The topological polar surface area (TPSA) is 36.1 Å². The lowest BCUT2D eigenvalue weighted by atomic mass is 10.2. The van der Waals surface area contributed by atoms with E-state index in [0.29, 0.717) is 0 Å². The first-order chi connectivity index (χ1) is 9.81. The van der Waals surface area contributed by atoms with Crippen molar-refractivity contribution in [1.29, 1.82) is 0 Å². The van der Waals surface area contributed by atoms with Gasteiger partial charge >= 0.3 is 0 Å². The first kappa shape index (κ1) is 14.3. The van der Waals surface area contributed by atoms with Gasteiger partial charge in [-0.05, 0) is 37.1 Å². The second-order valence-corrected chi connectivity index (χ2v) is 4.82. The first-order valence-corrected chi connectivity index (χ1v) is 7.11. The Labute approximate surface area is 121 Å². The lowest BCUT2D eigenvalue weighted by Gasteiger charge is -2.12. The molecule has 0 aliphatic carbocycles. The smallest absolute Gasteiger partial charge is 0.0575 e. The summed E-state index contributed by atoms with van der Waals surface area (Å²) in [5.41, 5.74) is 4.81. The van der Waals surface area contributed by atoms with Gasteiger partial charge in [0, 0.05) is 25.8 Å². The van der Waals surface area contributed by atoms with Gasteiger partial charge in [0.2, 0.25) is 0 Å². The van der Waals surface area contributed by atoms with E-state index >= 15 is 0 Å². The summed E-state index contributed by atoms with van der Waals surface area (Å²) in [4.78, 5) is 0. The molecule has 0 fully saturated rings. The van der Waals surface area contributed by atoms with Crippen molar-refractivity contribution in [3.05, 3.63) is 54.1 Å². The zero-order valence-electron chi connectivity index (χ0n) is 12.2. The number of aryl methyl sites for hydroxylation is 1. The normalized spacial score (nSPS) is 10.1. The minimum absolute atomic E-state index is 0.956. The van der Waals surface area contributed by atoms with E-state index in [1.165, 1.54) is 11.3 Å². The predicted molar refractivity (Wildman–Crippen MR) is 88.8 cm³/mol. The lowest BCUT2D eigenvalue weighted by molar-refractivity contribution is 0.908. The van der Waals surface area contributed by atoms with Gasteiger partial charge in [-0.3, -0.25) is 0 Å². The third kappa shape index (κ3) is 3.92. The SMILES string of the molecule is CNc1ccccc1NCCCNc1ccccc1C. The Balaban J connectivity index is 1.73. The molecule has 3 nitrogen and oxygen atoms in total. The van der Waals surface area contributed by atoms with Gasteiger partial charge in [-0.1, -0.05) is 30.3 Å². The summed E-state index contributed by atoms with van der Waals surface area (Å²) in [7, 11) is 1.94. The van der Waals surface area contributed by atoms with E-state index in [0.717, 1.165) is 30.9 Å². The van der Waals surface area contributed by atoms with Crippen LogP contribution < -0.4 is 16.0 Å². The number of rotatable bonds is 7. The van der Waals surface area contributed by atoms with Crippen LogP contribution >= 0.6 is 0 Å². The Morgan fingerprint density at radius 2 is 1.30 bits per heavy atom. The molecule has 0 aliphatic heterocycles. The van der Waals surface area contributed by atoms with E-state index in [4.69, 9.17) is 0 Å². The molecule has 0 heterocycles. The maximum atomic E-state index is 3.47. The van der Waals surface area contributed by atoms with Gasteiger partial charge in [0.1, 0.15) is 0 Å². The van der Waals surface area contributed by atoms with Crippen LogP contribution in [0.5, 0.6) is 0 Å². The van der Waals surface area contributed by atoms with Crippen molar-refractivity contribution >= 4 is 17.1 Å². The lowest BCUT2D eigenvalue weighted by Crippen LogP contribution is -2.10. The molecule has 0 amide bonds. The van der Waals surface area contributed by atoms with Gasteiger partial charge in [-0.2, -0.15) is 0 Å². The van der Waals surface area contributed by atoms with Crippen LogP contribution in [0.2, 0.25) is 0 Å². The fourth-order valence-corrected chi connectivity index (χ4v) is 2.16. The van der Waals surface area contributed by atoms with Gasteiger partial charge in [-0.25, -0.2) is 0 Å². The summed E-state index contributed by atoms with van der Waals surface area (Å²) < 4.78 is 0. The number of anilines is 3. The maximum absolute atomic E-state index is 3.47. The fraction of sp³-hybridized carbons (Fsp3) is 0.294. The van der Waals surface area contributed by atoms with Crippen LogP contribution in [0.15, 0.2) is 48.5 Å². The van der Waals surface area contributed by atoms with E-state index in [9.17, 15) is 0 Å². The monoisotopic (exact) mass is 269 g/mol. The van der Waals surface area contributed by atoms with Crippen molar-refractivity contribution in [2.45, 2.75) is 13.3 Å². The maximum Gasteiger partial charge on any atom is 0.0575 e. The van der Waals surface area contributed by atoms with Gasteiger partial charge < -0.3 is 16.0 Å². The summed E-state index contributed by atoms with van der Waals surface area (Å²) in [6.07, 6.45) is 1.08. The Kier molecular flexibility index (Phi) is 5.30. The zero-order valence-corrected chi connectivity index (χ0v) is 12.2. The molecule has 3 N–H and O–H groups in total. The molecule has 20 heavy (non-hydrogen) atoms. The Morgan fingerprint density at radius 3 is 1.95 bits per heavy atom. The van der Waals surface area contributed by atoms with Crippen molar-refractivity contribution in [2.24, 2.45) is 0 Å². The number of para-hydroxylation sites is 3. The van der Waals surface area contributed by atoms with Crippen molar-refractivity contribution in [1.82, 2.24) is 0 Å². The molecule has 0 unspecified atom stereocenters. The summed E-state index contributed by atoms with van der Waals surface area (Å²) in [6.45, 7) is 4.06. The van der Waals surface area contributed by atoms with Crippen LogP contribution in [0.4, 0.5) is 17.1 Å². The highest BCUT2D eigenvalue weighted by Crippen LogP contribution is 2.19. The number of hydrogen-bond donors (Lipinski definition) is 3. The van der Waals surface area contributed by atoms with Crippen LogP contribution in [0.25, 0.3) is 0 Å². The summed E-state index contributed by atoms with van der Waals surface area (Å²) in [6, 6.07) is 16.6. The summed E-state index contributed by atoms with van der Waals surface area (Å²) in [5.74, 6) is 0. The molecule has 0 atom stereocenters. The second-order valence-electron chi connectivity index (χ2n) is 4.82. The molecular formula is C17H23N3. The fourth-order valence-electron chi connectivity index (χ4n) is 2.16. The molecule has 0 spiro atoms. The largest absolute Gasteiger partial charge is 0.386 e. The highest BCUT2D eigenvalue weighted by atomic mass is 14.9. The number of benzene rings is 2. The quantitative estimate of drug-likeness (QED) is 0.666. The van der Waals surface area contributed by atoms with Crippen molar-refractivity contribution in [2.75, 3.05) is 36.1 Å². The average Bonchev–Trinajstić information content (AvgIpc) is 2.49. The van der Waals surface area contributed by atoms with Crippen LogP contribution in [0.3, 0.4) is 0 Å². The van der Waals surface area contributed by atoms with Crippen LogP contribution in [0.1, 0.15) is 12.0 Å². The molecule has 2 aromatic rings. The van der Waals surface area contributed by atoms with Crippen molar-refractivity contribution in [3.63, 3.8) is 0 Å². The van der Waals surface area contributed by atoms with Gasteiger partial charge in [0.05, 0.1) is 11.4 Å². The average molecular weight is 269 g/mol. The Bertz CT molecular complexity index is 537. The van der Waals surface area contributed by atoms with E-state index in [1.807, 2.05) is 13.1 Å². The molecular weight excluding hydrogens is 246 g/mol. The molecule has 0 saturated carbocycles. The minimum Gasteiger partial charge on any atom is -0.386 e. The number of hydrogen-bond acceptors (Lipinski definition) is 3. The van der Waals surface area contributed by atoms with Gasteiger partial charge in [0.15, 0.2) is 0 Å². The highest BCUT2D eigenvalue weighted by Gasteiger charge is 1.98. The number of nitrogens with one attached hydrogen (secondary N) is 3. The van der Waals surface area contributed by atoms with E-state index in [1.54, 1.807) is 0 Å². The first-order valence-electron chi connectivity index (χ1n) is 7.11. The van der Waals surface area contributed by atoms with Crippen LogP contribution in [0, 0.1) is 6.92 Å². The third-order valence-corrected chi connectivity index (χ3v) is 3.33. The zero-order chi connectivity index (χ0) is 14.2. The summed E-state index contributed by atoms with van der Waals surface area (Å²) in [5, 5.41) is 10.1. The molecule has 2 rings (SSSR count). The third-order valence-electron chi connectivity index (χ3n) is 3.33. The molecule has 0 bridgehead atoms. The van der Waals surface area contributed by atoms with E-state index < -0.39 is 0 Å². The molecule has 0 aliphatic rings. The minimum atomic E-state index is 0.956. The molecule has 3 heteroatoms. The van der Waals surface area contributed by atoms with Crippen molar-refractivity contribution in [3.8, 4) is 0 Å². The molecule has 2 aromatic carbocycles.